The van der Waals surface area contributed by atoms with Crippen LogP contribution in [0.15, 0.2) is 0 Å². The van der Waals surface area contributed by atoms with E-state index in [0.717, 1.165) is 44.9 Å². The second-order valence-electron chi connectivity index (χ2n) is 7.43. The molecule has 3 nitrogen and oxygen atoms in total. The number of carbonyl (C=O) groups excluding carboxylic acids is 2. The molecule has 2 N–H and O–H groups in total. The number of carbonyl (C=O) groups is 2. The molecular formula is C16H27NO2. The zero-order valence-electron chi connectivity index (χ0n) is 12.6. The van der Waals surface area contributed by atoms with E-state index in [2.05, 4.69) is 13.8 Å². The van der Waals surface area contributed by atoms with Crippen molar-refractivity contribution >= 4 is 11.7 Å². The van der Waals surface area contributed by atoms with Crippen LogP contribution in [0.5, 0.6) is 0 Å². The van der Waals surface area contributed by atoms with Crippen LogP contribution in [-0.4, -0.2) is 11.7 Å². The summed E-state index contributed by atoms with van der Waals surface area (Å²) in [5.41, 5.74) is 5.12. The Morgan fingerprint density at radius 2 is 1.84 bits per heavy atom. The van der Waals surface area contributed by atoms with Gasteiger partial charge in [-0.2, -0.15) is 0 Å². The van der Waals surface area contributed by atoms with E-state index in [1.807, 2.05) is 0 Å². The lowest BCUT2D eigenvalue weighted by atomic mass is 9.47. The fourth-order valence-electron chi connectivity index (χ4n) is 5.05. The summed E-state index contributed by atoms with van der Waals surface area (Å²) in [6, 6.07) is 0. The lowest BCUT2D eigenvalue weighted by molar-refractivity contribution is -0.153. The summed E-state index contributed by atoms with van der Waals surface area (Å²) in [4.78, 5) is 24.4. The summed E-state index contributed by atoms with van der Waals surface area (Å²) in [6.45, 7) is 6.07. The van der Waals surface area contributed by atoms with Crippen molar-refractivity contribution in [3.8, 4) is 0 Å². The zero-order valence-corrected chi connectivity index (χ0v) is 12.6. The fraction of sp³-hybridized carbons (Fsp3) is 0.875. The van der Waals surface area contributed by atoms with Gasteiger partial charge in [0.15, 0.2) is 0 Å². The van der Waals surface area contributed by atoms with Crippen molar-refractivity contribution in [1.29, 1.82) is 0 Å². The predicted octanol–water partition coefficient (Wildman–Crippen LogP) is 3.21. The van der Waals surface area contributed by atoms with Gasteiger partial charge < -0.3 is 5.73 Å². The van der Waals surface area contributed by atoms with Gasteiger partial charge in [-0.1, -0.05) is 26.7 Å². The standard InChI is InChI=1S/C16H27NO2/c1-4-6-15(12(2)18)9-14(3)7-5-8-16(10-14,11-15)13(17)19/h4-11H2,1-3H3,(H2,17,19). The van der Waals surface area contributed by atoms with Crippen LogP contribution in [0.25, 0.3) is 0 Å². The first kappa shape index (κ1) is 14.5. The third-order valence-corrected chi connectivity index (χ3v) is 5.64. The quantitative estimate of drug-likeness (QED) is 0.848. The molecule has 0 aliphatic heterocycles. The lowest BCUT2D eigenvalue weighted by Crippen LogP contribution is -2.55. The van der Waals surface area contributed by atoms with Gasteiger partial charge in [-0.25, -0.2) is 0 Å². The summed E-state index contributed by atoms with van der Waals surface area (Å²) in [7, 11) is 0. The number of ketones is 1. The molecule has 0 aromatic rings. The van der Waals surface area contributed by atoms with Gasteiger partial charge in [0, 0.05) is 5.41 Å². The maximum atomic E-state index is 12.3. The molecule has 2 bridgehead atoms. The maximum absolute atomic E-state index is 12.3. The van der Waals surface area contributed by atoms with Crippen LogP contribution in [0.4, 0.5) is 0 Å². The Balaban J connectivity index is 2.43. The first-order chi connectivity index (χ1) is 8.78. The first-order valence-corrected chi connectivity index (χ1v) is 7.59. The minimum absolute atomic E-state index is 0.117. The first-order valence-electron chi connectivity index (χ1n) is 7.59. The molecule has 0 aromatic heterocycles. The van der Waals surface area contributed by atoms with Crippen LogP contribution >= 0.6 is 0 Å². The molecular weight excluding hydrogens is 238 g/mol. The van der Waals surface area contributed by atoms with Crippen LogP contribution in [0, 0.1) is 16.2 Å². The zero-order chi connectivity index (χ0) is 14.3. The number of primary amides is 1. The van der Waals surface area contributed by atoms with Gasteiger partial charge in [-0.15, -0.1) is 0 Å². The summed E-state index contributed by atoms with van der Waals surface area (Å²) in [5.74, 6) is 0.0765. The summed E-state index contributed by atoms with van der Waals surface area (Å²) < 4.78 is 0. The molecule has 3 atom stereocenters. The van der Waals surface area contributed by atoms with E-state index in [1.165, 1.54) is 0 Å². The molecule has 2 aliphatic rings. The van der Waals surface area contributed by atoms with Crippen LogP contribution in [-0.2, 0) is 9.59 Å². The van der Waals surface area contributed by atoms with Crippen molar-refractivity contribution in [1.82, 2.24) is 0 Å². The average molecular weight is 265 g/mol. The molecule has 3 unspecified atom stereocenters. The summed E-state index contributed by atoms with van der Waals surface area (Å²) in [5, 5.41) is 0. The summed E-state index contributed by atoms with van der Waals surface area (Å²) >= 11 is 0. The number of fused-ring (bicyclic) bond motifs is 2. The molecule has 19 heavy (non-hydrogen) atoms. The highest BCUT2D eigenvalue weighted by Gasteiger charge is 2.58. The van der Waals surface area contributed by atoms with Gasteiger partial charge in [0.25, 0.3) is 0 Å². The molecule has 2 fully saturated rings. The largest absolute Gasteiger partial charge is 0.369 e. The SMILES string of the molecule is CCCC1(C(C)=O)CC2(C)CCCC(C(N)=O)(C2)C1. The highest BCUT2D eigenvalue weighted by molar-refractivity contribution is 5.86. The van der Waals surface area contributed by atoms with Crippen molar-refractivity contribution in [2.24, 2.45) is 22.0 Å². The minimum atomic E-state index is -0.425. The highest BCUT2D eigenvalue weighted by Crippen LogP contribution is 2.62. The number of hydrogen-bond acceptors (Lipinski definition) is 2. The molecule has 2 aliphatic carbocycles. The van der Waals surface area contributed by atoms with Gasteiger partial charge in [-0.3, -0.25) is 9.59 Å². The Morgan fingerprint density at radius 1 is 1.16 bits per heavy atom. The molecule has 3 heteroatoms. The molecule has 108 valence electrons. The smallest absolute Gasteiger partial charge is 0.223 e. The Bertz CT molecular complexity index is 406. The Hall–Kier alpha value is -0.860. The van der Waals surface area contributed by atoms with E-state index in [-0.39, 0.29) is 22.5 Å². The predicted molar refractivity (Wildman–Crippen MR) is 75.5 cm³/mol. The van der Waals surface area contributed by atoms with E-state index in [0.29, 0.717) is 6.42 Å². The van der Waals surface area contributed by atoms with Gasteiger partial charge in [0.05, 0.1) is 5.41 Å². The fourth-order valence-corrected chi connectivity index (χ4v) is 5.05. The second kappa shape index (κ2) is 4.60. The number of amides is 1. The van der Waals surface area contributed by atoms with E-state index in [4.69, 9.17) is 5.73 Å². The Kier molecular flexibility index (Phi) is 3.53. The van der Waals surface area contributed by atoms with Crippen LogP contribution in [0.2, 0.25) is 0 Å². The van der Waals surface area contributed by atoms with E-state index < -0.39 is 5.41 Å². The highest BCUT2D eigenvalue weighted by atomic mass is 16.1. The normalized spacial score (nSPS) is 41.8. The molecule has 2 rings (SSSR count). The van der Waals surface area contributed by atoms with Crippen molar-refractivity contribution in [2.75, 3.05) is 0 Å². The second-order valence-corrected chi connectivity index (χ2v) is 7.43. The molecule has 0 radical (unpaired) electrons. The third kappa shape index (κ3) is 2.32. The molecule has 1 amide bonds. The molecule has 2 saturated carbocycles. The van der Waals surface area contributed by atoms with Gasteiger partial charge in [0.2, 0.25) is 5.91 Å². The van der Waals surface area contributed by atoms with Gasteiger partial charge in [-0.05, 0) is 50.9 Å². The van der Waals surface area contributed by atoms with E-state index in [1.54, 1.807) is 6.92 Å². The van der Waals surface area contributed by atoms with E-state index >= 15 is 0 Å². The van der Waals surface area contributed by atoms with Crippen LogP contribution in [0.3, 0.4) is 0 Å². The number of rotatable bonds is 4. The molecule has 0 aromatic carbocycles. The van der Waals surface area contributed by atoms with Crippen molar-refractivity contribution in [3.63, 3.8) is 0 Å². The monoisotopic (exact) mass is 265 g/mol. The lowest BCUT2D eigenvalue weighted by Gasteiger charge is -2.56. The van der Waals surface area contributed by atoms with Gasteiger partial charge in [0.1, 0.15) is 5.78 Å². The topological polar surface area (TPSA) is 60.2 Å². The van der Waals surface area contributed by atoms with Crippen LogP contribution < -0.4 is 5.73 Å². The number of hydrogen-bond donors (Lipinski definition) is 1. The Labute approximate surface area is 116 Å². The van der Waals surface area contributed by atoms with Crippen LogP contribution in [0.1, 0.15) is 72.1 Å². The average Bonchev–Trinajstić information content (AvgIpc) is 2.27. The minimum Gasteiger partial charge on any atom is -0.369 e. The maximum Gasteiger partial charge on any atom is 0.223 e. The van der Waals surface area contributed by atoms with Crippen molar-refractivity contribution in [2.45, 2.75) is 72.1 Å². The Morgan fingerprint density at radius 3 is 2.37 bits per heavy atom. The molecule has 0 heterocycles. The molecule has 0 saturated heterocycles. The number of Topliss-reactive ketones (excluding diaryl/α,β-unsaturated/α-hetero) is 1. The van der Waals surface area contributed by atoms with Crippen molar-refractivity contribution < 1.29 is 9.59 Å². The third-order valence-electron chi connectivity index (χ3n) is 5.64. The van der Waals surface area contributed by atoms with E-state index in [9.17, 15) is 9.59 Å². The summed E-state index contributed by atoms with van der Waals surface area (Å²) in [6.07, 6.45) is 7.47. The van der Waals surface area contributed by atoms with Gasteiger partial charge >= 0.3 is 0 Å². The number of nitrogens with two attached hydrogens (primary N) is 1. The van der Waals surface area contributed by atoms with Crippen molar-refractivity contribution in [3.05, 3.63) is 0 Å². The molecule has 0 spiro atoms.